The largest absolute Gasteiger partial charge is 0.455 e. The Morgan fingerprint density at radius 3 is 2.12 bits per heavy atom. The number of rotatable bonds is 5. The van der Waals surface area contributed by atoms with Gasteiger partial charge in [0.2, 0.25) is 5.91 Å². The van der Waals surface area contributed by atoms with Gasteiger partial charge in [0.05, 0.1) is 23.1 Å². The fourth-order valence-corrected chi connectivity index (χ4v) is 3.51. The van der Waals surface area contributed by atoms with Crippen molar-refractivity contribution in [1.29, 1.82) is 0 Å². The van der Waals surface area contributed by atoms with Crippen LogP contribution in [0.1, 0.15) is 5.56 Å². The quantitative estimate of drug-likeness (QED) is 0.469. The molecule has 0 saturated heterocycles. The third kappa shape index (κ3) is 4.29. The van der Waals surface area contributed by atoms with E-state index in [9.17, 15) is 14.4 Å². The maximum atomic E-state index is 12.8. The number of hydrogen-bond acceptors (Lipinski definition) is 4. The molecule has 1 aromatic heterocycles. The summed E-state index contributed by atoms with van der Waals surface area (Å²) in [5, 5.41) is 3.46. The second-order valence-corrected chi connectivity index (χ2v) is 7.77. The normalized spacial score (nSPS) is 10.8. The lowest BCUT2D eigenvalue weighted by Crippen LogP contribution is -2.39. The van der Waals surface area contributed by atoms with Crippen LogP contribution in [0.5, 0.6) is 11.5 Å². The van der Waals surface area contributed by atoms with Crippen molar-refractivity contribution in [2.24, 2.45) is 14.1 Å². The topological polar surface area (TPSA) is 82.3 Å². The molecule has 0 saturated carbocycles. The Kier molecular flexibility index (Phi) is 5.83. The summed E-state index contributed by atoms with van der Waals surface area (Å²) in [5.41, 5.74) is 0.861. The van der Waals surface area contributed by atoms with Crippen molar-refractivity contribution < 1.29 is 9.53 Å². The molecule has 0 aliphatic carbocycles. The van der Waals surface area contributed by atoms with Gasteiger partial charge >= 0.3 is 11.1 Å². The van der Waals surface area contributed by atoms with Gasteiger partial charge in [-0.25, -0.2) is 0 Å². The predicted octanol–water partition coefficient (Wildman–Crippen LogP) is 3.86. The number of carbonyl (C=O) groups excluding carboxylic acids is 1. The third-order valence-electron chi connectivity index (χ3n) is 5.11. The summed E-state index contributed by atoms with van der Waals surface area (Å²) < 4.78 is 8.55. The van der Waals surface area contributed by atoms with E-state index in [1.807, 2.05) is 18.2 Å². The lowest BCUT2D eigenvalue weighted by atomic mass is 10.1. The fraction of sp³-hybridized carbons (Fsp3) is 0.125. The van der Waals surface area contributed by atoms with Gasteiger partial charge in [0.1, 0.15) is 5.75 Å². The summed E-state index contributed by atoms with van der Waals surface area (Å²) in [5.74, 6) is 0.649. The summed E-state index contributed by atoms with van der Waals surface area (Å²) in [6.07, 6.45) is 0.131. The number of nitrogens with one attached hydrogen (secondary N) is 1. The van der Waals surface area contributed by atoms with Crippen LogP contribution in [-0.4, -0.2) is 15.0 Å². The summed E-state index contributed by atoms with van der Waals surface area (Å²) in [7, 11) is 3.04. The molecule has 3 aromatic carbocycles. The summed E-state index contributed by atoms with van der Waals surface area (Å²) in [6.45, 7) is 0. The minimum Gasteiger partial charge on any atom is -0.455 e. The molecule has 4 aromatic rings. The van der Waals surface area contributed by atoms with Gasteiger partial charge in [-0.2, -0.15) is 0 Å². The minimum atomic E-state index is -0.657. The number of ether oxygens (including phenoxy) is 1. The zero-order valence-corrected chi connectivity index (χ0v) is 18.2. The number of benzene rings is 3. The monoisotopic (exact) mass is 449 g/mol. The standard InChI is InChI=1S/C24H20ClN3O4/c1-27-19-13-18(26-22(29)12-15-8-10-16(25)11-9-15)21(32-17-6-4-3-5-7-17)14-20(19)28(2)24(31)23(27)30/h3-11,13-14H,12H2,1-2H3,(H,26,29). The number of halogens is 1. The van der Waals surface area contributed by atoms with Crippen molar-refractivity contribution in [2.75, 3.05) is 5.32 Å². The number of anilines is 1. The summed E-state index contributed by atoms with van der Waals surface area (Å²) >= 11 is 5.91. The zero-order valence-electron chi connectivity index (χ0n) is 17.5. The highest BCUT2D eigenvalue weighted by molar-refractivity contribution is 6.30. The van der Waals surface area contributed by atoms with E-state index in [-0.39, 0.29) is 12.3 Å². The van der Waals surface area contributed by atoms with Crippen LogP contribution in [0.4, 0.5) is 5.69 Å². The van der Waals surface area contributed by atoms with Crippen LogP contribution in [0.3, 0.4) is 0 Å². The van der Waals surface area contributed by atoms with Crippen molar-refractivity contribution in [3.63, 3.8) is 0 Å². The molecule has 1 heterocycles. The fourth-order valence-electron chi connectivity index (χ4n) is 3.38. The molecule has 0 aliphatic heterocycles. The molecule has 0 radical (unpaired) electrons. The maximum absolute atomic E-state index is 12.8. The highest BCUT2D eigenvalue weighted by atomic mass is 35.5. The van der Waals surface area contributed by atoms with Crippen LogP contribution in [0.15, 0.2) is 76.3 Å². The molecule has 8 heteroatoms. The van der Waals surface area contributed by atoms with Gasteiger partial charge in [-0.05, 0) is 35.9 Å². The van der Waals surface area contributed by atoms with Crippen molar-refractivity contribution >= 4 is 34.2 Å². The van der Waals surface area contributed by atoms with E-state index < -0.39 is 11.1 Å². The van der Waals surface area contributed by atoms with Crippen molar-refractivity contribution in [3.05, 3.63) is 98.0 Å². The van der Waals surface area contributed by atoms with Crippen LogP contribution >= 0.6 is 11.6 Å². The van der Waals surface area contributed by atoms with Gasteiger partial charge in [-0.1, -0.05) is 41.9 Å². The third-order valence-corrected chi connectivity index (χ3v) is 5.37. The lowest BCUT2D eigenvalue weighted by Gasteiger charge is -2.16. The van der Waals surface area contributed by atoms with Crippen molar-refractivity contribution in [1.82, 2.24) is 9.13 Å². The number of aryl methyl sites for hydroxylation is 2. The second kappa shape index (κ2) is 8.72. The first-order valence-corrected chi connectivity index (χ1v) is 10.2. The number of amides is 1. The zero-order chi connectivity index (χ0) is 22.8. The van der Waals surface area contributed by atoms with Crippen molar-refractivity contribution in [2.45, 2.75) is 6.42 Å². The lowest BCUT2D eigenvalue weighted by molar-refractivity contribution is -0.115. The first-order valence-electron chi connectivity index (χ1n) is 9.84. The Labute approximate surface area is 188 Å². The first-order chi connectivity index (χ1) is 15.3. The van der Waals surface area contributed by atoms with Crippen molar-refractivity contribution in [3.8, 4) is 11.5 Å². The van der Waals surface area contributed by atoms with E-state index in [4.69, 9.17) is 16.3 Å². The average Bonchev–Trinajstić information content (AvgIpc) is 2.79. The average molecular weight is 450 g/mol. The number of para-hydroxylation sites is 1. The van der Waals surface area contributed by atoms with Gasteiger partial charge < -0.3 is 19.2 Å². The molecule has 162 valence electrons. The Bertz CT molecular complexity index is 1420. The Hall–Kier alpha value is -3.84. The van der Waals surface area contributed by atoms with E-state index in [1.54, 1.807) is 48.5 Å². The van der Waals surface area contributed by atoms with E-state index in [0.717, 1.165) is 5.56 Å². The van der Waals surface area contributed by atoms with Crippen LogP contribution in [0.25, 0.3) is 11.0 Å². The molecular formula is C24H20ClN3O4. The van der Waals surface area contributed by atoms with Gasteiger partial charge in [-0.3, -0.25) is 14.4 Å². The van der Waals surface area contributed by atoms with E-state index in [1.165, 1.54) is 23.2 Å². The smallest absolute Gasteiger partial charge is 0.316 e. The molecule has 0 fully saturated rings. The van der Waals surface area contributed by atoms with Crippen LogP contribution in [-0.2, 0) is 25.3 Å². The number of fused-ring (bicyclic) bond motifs is 1. The highest BCUT2D eigenvalue weighted by Crippen LogP contribution is 2.33. The summed E-state index contributed by atoms with van der Waals surface area (Å²) in [4.78, 5) is 37.3. The van der Waals surface area contributed by atoms with Gasteiger partial charge in [0, 0.05) is 25.2 Å². The molecule has 0 spiro atoms. The van der Waals surface area contributed by atoms with Gasteiger partial charge in [-0.15, -0.1) is 0 Å². The highest BCUT2D eigenvalue weighted by Gasteiger charge is 2.16. The molecule has 0 bridgehead atoms. The molecule has 0 atom stereocenters. The van der Waals surface area contributed by atoms with Gasteiger partial charge in [0.25, 0.3) is 0 Å². The molecule has 4 rings (SSSR count). The Morgan fingerprint density at radius 1 is 0.906 bits per heavy atom. The van der Waals surface area contributed by atoms with E-state index >= 15 is 0 Å². The Morgan fingerprint density at radius 2 is 1.50 bits per heavy atom. The number of carbonyl (C=O) groups is 1. The molecule has 32 heavy (non-hydrogen) atoms. The summed E-state index contributed by atoms with van der Waals surface area (Å²) in [6, 6.07) is 19.4. The Balaban J connectivity index is 1.78. The number of nitrogens with zero attached hydrogens (tertiary/aromatic N) is 2. The van der Waals surface area contributed by atoms with Crippen LogP contribution in [0, 0.1) is 0 Å². The van der Waals surface area contributed by atoms with E-state index in [0.29, 0.717) is 33.2 Å². The first kappa shape index (κ1) is 21.4. The molecule has 7 nitrogen and oxygen atoms in total. The molecule has 1 N–H and O–H groups in total. The molecule has 0 unspecified atom stereocenters. The number of aromatic nitrogens is 2. The maximum Gasteiger partial charge on any atom is 0.316 e. The molecule has 1 amide bonds. The van der Waals surface area contributed by atoms with Crippen LogP contribution < -0.4 is 21.2 Å². The van der Waals surface area contributed by atoms with E-state index in [2.05, 4.69) is 5.32 Å². The minimum absolute atomic E-state index is 0.131. The number of hydrogen-bond donors (Lipinski definition) is 1. The second-order valence-electron chi connectivity index (χ2n) is 7.33. The molecular weight excluding hydrogens is 430 g/mol. The predicted molar refractivity (Wildman–Crippen MR) is 125 cm³/mol. The van der Waals surface area contributed by atoms with Crippen LogP contribution in [0.2, 0.25) is 5.02 Å². The SMILES string of the molecule is Cn1c(=O)c(=O)n(C)c2cc(Oc3ccccc3)c(NC(=O)Cc3ccc(Cl)cc3)cc21. The molecule has 0 aliphatic rings. The van der Waals surface area contributed by atoms with Gasteiger partial charge in [0.15, 0.2) is 5.75 Å².